The highest BCUT2D eigenvalue weighted by Gasteiger charge is 2.30. The molecule has 1 saturated carbocycles. The van der Waals surface area contributed by atoms with Gasteiger partial charge in [0.15, 0.2) is 0 Å². The molecule has 1 aliphatic heterocycles. The molecule has 2 aromatic rings. The monoisotopic (exact) mass is 463 g/mol. The number of sulfonamides is 1. The predicted octanol–water partition coefficient (Wildman–Crippen LogP) is 2.62. The number of carbonyl (C=O) groups is 1. The van der Waals surface area contributed by atoms with Crippen LogP contribution in [0.5, 0.6) is 5.75 Å². The lowest BCUT2D eigenvalue weighted by Gasteiger charge is -2.34. The summed E-state index contributed by atoms with van der Waals surface area (Å²) in [5, 5.41) is 0.118. The summed E-state index contributed by atoms with van der Waals surface area (Å²) in [6.45, 7) is 4.01. The fraction of sp³-hybridized carbons (Fsp3) is 0.409. The molecule has 1 aliphatic carbocycles. The van der Waals surface area contributed by atoms with Crippen LogP contribution in [0, 0.1) is 0 Å². The zero-order chi connectivity index (χ0) is 21.8. The van der Waals surface area contributed by atoms with Gasteiger partial charge in [-0.05, 0) is 43.2 Å². The maximum atomic E-state index is 13.0. The van der Waals surface area contributed by atoms with Crippen LogP contribution in [0.4, 0.5) is 0 Å². The lowest BCUT2D eigenvalue weighted by Crippen LogP contribution is -2.49. The third-order valence-electron chi connectivity index (χ3n) is 5.45. The number of piperazine rings is 1. The molecule has 0 radical (unpaired) electrons. The second-order valence-electron chi connectivity index (χ2n) is 7.84. The first-order valence-electron chi connectivity index (χ1n) is 10.4. The van der Waals surface area contributed by atoms with Crippen molar-refractivity contribution < 1.29 is 17.9 Å². The number of nitrogens with zero attached hydrogens (tertiary/aromatic N) is 2. The molecule has 166 valence electrons. The SMILES string of the molecule is O=C(c1ccc(Cl)c(S(=O)(=O)NC2CC2)c1)N1CCN(CCOc2ccccc2)CC1. The van der Waals surface area contributed by atoms with E-state index in [-0.39, 0.29) is 21.9 Å². The molecule has 2 fully saturated rings. The number of carbonyl (C=O) groups excluding carboxylic acids is 1. The fourth-order valence-electron chi connectivity index (χ4n) is 3.49. The lowest BCUT2D eigenvalue weighted by atomic mass is 10.2. The molecule has 1 amide bonds. The number of ether oxygens (including phenoxy) is 1. The van der Waals surface area contributed by atoms with Gasteiger partial charge in [-0.2, -0.15) is 0 Å². The smallest absolute Gasteiger partial charge is 0.253 e. The molecule has 1 heterocycles. The zero-order valence-electron chi connectivity index (χ0n) is 17.2. The van der Waals surface area contributed by atoms with Gasteiger partial charge in [0, 0.05) is 44.3 Å². The van der Waals surface area contributed by atoms with Crippen molar-refractivity contribution in [1.82, 2.24) is 14.5 Å². The molecule has 7 nitrogen and oxygen atoms in total. The summed E-state index contributed by atoms with van der Waals surface area (Å²) < 4.78 is 33.5. The van der Waals surface area contributed by atoms with Crippen LogP contribution in [0.15, 0.2) is 53.4 Å². The second-order valence-corrected chi connectivity index (χ2v) is 9.93. The topological polar surface area (TPSA) is 79.0 Å². The van der Waals surface area contributed by atoms with Gasteiger partial charge in [0.2, 0.25) is 10.0 Å². The Morgan fingerprint density at radius 2 is 1.77 bits per heavy atom. The molecule has 0 spiro atoms. The highest BCUT2D eigenvalue weighted by Crippen LogP contribution is 2.27. The number of rotatable bonds is 8. The molecular formula is C22H26ClN3O4S. The van der Waals surface area contributed by atoms with Gasteiger partial charge < -0.3 is 9.64 Å². The molecule has 9 heteroatoms. The largest absolute Gasteiger partial charge is 0.492 e. The maximum Gasteiger partial charge on any atom is 0.253 e. The summed E-state index contributed by atoms with van der Waals surface area (Å²) in [6, 6.07) is 14.1. The van der Waals surface area contributed by atoms with E-state index < -0.39 is 10.0 Å². The van der Waals surface area contributed by atoms with E-state index in [1.165, 1.54) is 12.1 Å². The van der Waals surface area contributed by atoms with Crippen LogP contribution in [0.25, 0.3) is 0 Å². The Balaban J connectivity index is 1.31. The van der Waals surface area contributed by atoms with Gasteiger partial charge in [0.25, 0.3) is 5.91 Å². The van der Waals surface area contributed by atoms with Crippen LogP contribution < -0.4 is 9.46 Å². The summed E-state index contributed by atoms with van der Waals surface area (Å²) in [5.74, 6) is 0.667. The zero-order valence-corrected chi connectivity index (χ0v) is 18.7. The number of hydrogen-bond donors (Lipinski definition) is 1. The Labute approximate surface area is 188 Å². The maximum absolute atomic E-state index is 13.0. The standard InChI is InChI=1S/C22H26ClN3O4S/c23-20-9-6-17(16-21(20)31(28,29)24-18-7-8-18)22(27)26-12-10-25(11-13-26)14-15-30-19-4-2-1-3-5-19/h1-6,9,16,18,24H,7-8,10-15H2. The first-order valence-corrected chi connectivity index (χ1v) is 12.3. The lowest BCUT2D eigenvalue weighted by molar-refractivity contribution is 0.0620. The minimum absolute atomic E-state index is 0.0284. The Hall–Kier alpha value is -2.13. The average molecular weight is 464 g/mol. The summed E-state index contributed by atoms with van der Waals surface area (Å²) in [7, 11) is -3.73. The van der Waals surface area contributed by atoms with Gasteiger partial charge in [-0.25, -0.2) is 13.1 Å². The Morgan fingerprint density at radius 1 is 1.06 bits per heavy atom. The van der Waals surface area contributed by atoms with E-state index in [0.29, 0.717) is 25.3 Å². The first-order chi connectivity index (χ1) is 14.9. The van der Waals surface area contributed by atoms with Gasteiger partial charge in [-0.3, -0.25) is 9.69 Å². The van der Waals surface area contributed by atoms with E-state index in [9.17, 15) is 13.2 Å². The normalized spacial score (nSPS) is 17.5. The molecular weight excluding hydrogens is 438 g/mol. The molecule has 2 aromatic carbocycles. The van der Waals surface area contributed by atoms with E-state index in [1.54, 1.807) is 11.0 Å². The minimum Gasteiger partial charge on any atom is -0.492 e. The van der Waals surface area contributed by atoms with Crippen molar-refractivity contribution in [3.8, 4) is 5.75 Å². The van der Waals surface area contributed by atoms with Crippen molar-refractivity contribution in [2.24, 2.45) is 0 Å². The van der Waals surface area contributed by atoms with E-state index in [4.69, 9.17) is 16.3 Å². The van der Waals surface area contributed by atoms with Crippen molar-refractivity contribution in [3.63, 3.8) is 0 Å². The van der Waals surface area contributed by atoms with Crippen molar-refractivity contribution >= 4 is 27.5 Å². The van der Waals surface area contributed by atoms with Crippen LogP contribution in [-0.2, 0) is 10.0 Å². The third kappa shape index (κ3) is 5.77. The highest BCUT2D eigenvalue weighted by atomic mass is 35.5. The second kappa shape index (κ2) is 9.56. The van der Waals surface area contributed by atoms with Crippen molar-refractivity contribution in [2.45, 2.75) is 23.8 Å². The molecule has 0 unspecified atom stereocenters. The molecule has 0 aromatic heterocycles. The first kappa shape index (κ1) is 22.1. The summed E-state index contributed by atoms with van der Waals surface area (Å²) in [6.07, 6.45) is 1.66. The van der Waals surface area contributed by atoms with E-state index >= 15 is 0 Å². The summed E-state index contributed by atoms with van der Waals surface area (Å²) in [5.41, 5.74) is 0.335. The number of para-hydroxylation sites is 1. The molecule has 1 saturated heterocycles. The van der Waals surface area contributed by atoms with Gasteiger partial charge in [-0.1, -0.05) is 29.8 Å². The molecule has 31 heavy (non-hydrogen) atoms. The van der Waals surface area contributed by atoms with Crippen LogP contribution in [0.2, 0.25) is 5.02 Å². The Bertz CT molecular complexity index is 1020. The van der Waals surface area contributed by atoms with Crippen molar-refractivity contribution in [3.05, 3.63) is 59.1 Å². The van der Waals surface area contributed by atoms with Crippen molar-refractivity contribution in [2.75, 3.05) is 39.3 Å². The Morgan fingerprint density at radius 3 is 2.45 bits per heavy atom. The fourth-order valence-corrected chi connectivity index (χ4v) is 5.32. The highest BCUT2D eigenvalue weighted by molar-refractivity contribution is 7.89. The van der Waals surface area contributed by atoms with Gasteiger partial charge in [-0.15, -0.1) is 0 Å². The molecule has 0 atom stereocenters. The van der Waals surface area contributed by atoms with E-state index in [1.807, 2.05) is 30.3 Å². The van der Waals surface area contributed by atoms with Gasteiger partial charge >= 0.3 is 0 Å². The van der Waals surface area contributed by atoms with Crippen molar-refractivity contribution in [1.29, 1.82) is 0 Å². The minimum atomic E-state index is -3.73. The number of nitrogens with one attached hydrogen (secondary N) is 1. The summed E-state index contributed by atoms with van der Waals surface area (Å²) >= 11 is 6.12. The Kier molecular flexibility index (Phi) is 6.81. The quantitative estimate of drug-likeness (QED) is 0.651. The molecule has 4 rings (SSSR count). The van der Waals surface area contributed by atoms with Crippen LogP contribution in [0.3, 0.4) is 0 Å². The van der Waals surface area contributed by atoms with Crippen LogP contribution >= 0.6 is 11.6 Å². The number of benzene rings is 2. The molecule has 0 bridgehead atoms. The number of hydrogen-bond acceptors (Lipinski definition) is 5. The summed E-state index contributed by atoms with van der Waals surface area (Å²) in [4.78, 5) is 16.9. The average Bonchev–Trinajstić information content (AvgIpc) is 3.58. The number of amides is 1. The molecule has 1 N–H and O–H groups in total. The third-order valence-corrected chi connectivity index (χ3v) is 7.45. The number of halogens is 1. The predicted molar refractivity (Wildman–Crippen MR) is 119 cm³/mol. The van der Waals surface area contributed by atoms with E-state index in [2.05, 4.69) is 9.62 Å². The van der Waals surface area contributed by atoms with Crippen LogP contribution in [0.1, 0.15) is 23.2 Å². The van der Waals surface area contributed by atoms with Gasteiger partial charge in [0.1, 0.15) is 17.3 Å². The van der Waals surface area contributed by atoms with Crippen LogP contribution in [-0.4, -0.2) is 69.5 Å². The molecule has 2 aliphatic rings. The van der Waals surface area contributed by atoms with Gasteiger partial charge in [0.05, 0.1) is 5.02 Å². The van der Waals surface area contributed by atoms with E-state index in [0.717, 1.165) is 38.2 Å².